The second kappa shape index (κ2) is 10.9. The first-order valence-corrected chi connectivity index (χ1v) is 9.92. The molecule has 0 aliphatic rings. The fraction of sp³-hybridized carbons (Fsp3) is 0.200. The molecular formula is C20H20Br2N2O3. The van der Waals surface area contributed by atoms with E-state index < -0.39 is 0 Å². The largest absolute Gasteiger partial charge is 0.493 e. The number of hydrogen-bond donors (Lipinski definition) is 1. The molecule has 1 N–H and O–H groups in total. The predicted molar refractivity (Wildman–Crippen MR) is 115 cm³/mol. The highest BCUT2D eigenvalue weighted by Gasteiger charge is 2.13. The maximum Gasteiger partial charge on any atom is 0.275 e. The second-order valence-corrected chi connectivity index (χ2v) is 7.30. The summed E-state index contributed by atoms with van der Waals surface area (Å²) in [4.78, 5) is 12.5. The highest BCUT2D eigenvalue weighted by molar-refractivity contribution is 9.10. The number of hydrogen-bond acceptors (Lipinski definition) is 4. The topological polar surface area (TPSA) is 59.9 Å². The first-order chi connectivity index (χ1) is 13.0. The number of ether oxygens (including phenoxy) is 2. The Bertz CT molecular complexity index is 838. The number of carbonyl (C=O) groups excluding carboxylic acids is 1. The molecule has 0 unspecified atom stereocenters. The van der Waals surface area contributed by atoms with Crippen molar-refractivity contribution in [2.75, 3.05) is 13.2 Å². The molecule has 0 aliphatic carbocycles. The van der Waals surface area contributed by atoms with Crippen molar-refractivity contribution in [3.8, 4) is 11.5 Å². The van der Waals surface area contributed by atoms with Crippen LogP contribution in [0.4, 0.5) is 0 Å². The molecule has 0 fully saturated rings. The highest BCUT2D eigenvalue weighted by atomic mass is 79.9. The van der Waals surface area contributed by atoms with Gasteiger partial charge in [0.1, 0.15) is 18.1 Å². The molecule has 1 amide bonds. The summed E-state index contributed by atoms with van der Waals surface area (Å²) in [6.07, 6.45) is 4.07. The van der Waals surface area contributed by atoms with Crippen molar-refractivity contribution < 1.29 is 14.3 Å². The lowest BCUT2D eigenvalue weighted by molar-refractivity contribution is 0.0951. The number of halogens is 2. The molecule has 27 heavy (non-hydrogen) atoms. The number of benzene rings is 2. The van der Waals surface area contributed by atoms with E-state index in [2.05, 4.69) is 49.0 Å². The molecule has 0 bridgehead atoms. The van der Waals surface area contributed by atoms with Crippen molar-refractivity contribution in [1.29, 1.82) is 0 Å². The van der Waals surface area contributed by atoms with Gasteiger partial charge in [0, 0.05) is 14.5 Å². The Morgan fingerprint density at radius 1 is 1.15 bits per heavy atom. The quantitative estimate of drug-likeness (QED) is 0.290. The van der Waals surface area contributed by atoms with Crippen LogP contribution >= 0.6 is 31.9 Å². The van der Waals surface area contributed by atoms with Gasteiger partial charge in [0.15, 0.2) is 0 Å². The Kier molecular flexibility index (Phi) is 8.54. The van der Waals surface area contributed by atoms with Crippen molar-refractivity contribution in [3.63, 3.8) is 0 Å². The average molecular weight is 496 g/mol. The van der Waals surface area contributed by atoms with Gasteiger partial charge in [0.05, 0.1) is 18.4 Å². The third-order valence-electron chi connectivity index (χ3n) is 3.35. The van der Waals surface area contributed by atoms with Gasteiger partial charge in [0.25, 0.3) is 5.91 Å². The molecule has 0 saturated carbocycles. The second-order valence-electron chi connectivity index (χ2n) is 5.47. The zero-order valence-electron chi connectivity index (χ0n) is 14.9. The van der Waals surface area contributed by atoms with Gasteiger partial charge in [-0.15, -0.1) is 0 Å². The number of hydrazone groups is 1. The summed E-state index contributed by atoms with van der Waals surface area (Å²) in [5.74, 6) is 0.786. The number of nitrogens with zero attached hydrogens (tertiary/aromatic N) is 1. The summed E-state index contributed by atoms with van der Waals surface area (Å²) in [6, 6.07) is 10.8. The molecule has 0 radical (unpaired) electrons. The van der Waals surface area contributed by atoms with Gasteiger partial charge in [-0.25, -0.2) is 5.43 Å². The van der Waals surface area contributed by atoms with Gasteiger partial charge in [-0.05, 0) is 42.8 Å². The van der Waals surface area contributed by atoms with E-state index in [4.69, 9.17) is 9.47 Å². The summed E-state index contributed by atoms with van der Waals surface area (Å²) in [5, 5.41) is 4.06. The lowest BCUT2D eigenvalue weighted by Crippen LogP contribution is -2.19. The summed E-state index contributed by atoms with van der Waals surface area (Å²) in [5.41, 5.74) is 3.66. The average Bonchev–Trinajstić information content (AvgIpc) is 2.66. The SMILES string of the molecule is C=CCOc1ccc(Br)cc1C(=O)N/N=C/c1cc(Br)ccc1OCCC. The summed E-state index contributed by atoms with van der Waals surface area (Å²) < 4.78 is 12.9. The maximum atomic E-state index is 12.5. The normalized spacial score (nSPS) is 10.6. The van der Waals surface area contributed by atoms with Crippen LogP contribution in [0.1, 0.15) is 29.3 Å². The van der Waals surface area contributed by atoms with Crippen LogP contribution in [0.3, 0.4) is 0 Å². The summed E-state index contributed by atoms with van der Waals surface area (Å²) >= 11 is 6.79. The van der Waals surface area contributed by atoms with E-state index in [1.54, 1.807) is 30.5 Å². The van der Waals surface area contributed by atoms with Gasteiger partial charge in [0.2, 0.25) is 0 Å². The van der Waals surface area contributed by atoms with Crippen LogP contribution in [-0.4, -0.2) is 25.3 Å². The zero-order chi connectivity index (χ0) is 19.6. The summed E-state index contributed by atoms with van der Waals surface area (Å²) in [7, 11) is 0. The molecule has 0 spiro atoms. The molecule has 0 aliphatic heterocycles. The first-order valence-electron chi connectivity index (χ1n) is 8.34. The molecule has 0 saturated heterocycles. The van der Waals surface area contributed by atoms with Crippen LogP contribution in [-0.2, 0) is 0 Å². The first kappa shape index (κ1) is 21.2. The summed E-state index contributed by atoms with van der Waals surface area (Å²) in [6.45, 7) is 6.57. The van der Waals surface area contributed by atoms with Crippen molar-refractivity contribution in [2.24, 2.45) is 5.10 Å². The fourth-order valence-electron chi connectivity index (χ4n) is 2.14. The van der Waals surface area contributed by atoms with Crippen LogP contribution in [0, 0.1) is 0 Å². The van der Waals surface area contributed by atoms with Crippen LogP contribution in [0.25, 0.3) is 0 Å². The van der Waals surface area contributed by atoms with Crippen molar-refractivity contribution in [3.05, 3.63) is 69.1 Å². The lowest BCUT2D eigenvalue weighted by Gasteiger charge is -2.10. The Morgan fingerprint density at radius 3 is 2.56 bits per heavy atom. The zero-order valence-corrected chi connectivity index (χ0v) is 18.0. The molecule has 142 valence electrons. The number of rotatable bonds is 9. The smallest absolute Gasteiger partial charge is 0.275 e. The fourth-order valence-corrected chi connectivity index (χ4v) is 2.88. The number of carbonyl (C=O) groups is 1. The standard InChI is InChI=1S/C20H20Br2N2O3/c1-3-9-26-18-7-5-15(21)11-14(18)13-23-24-20(25)17-12-16(22)6-8-19(17)27-10-4-2/h4-8,11-13H,2-3,9-10H2,1H3,(H,24,25)/b23-13+. The van der Waals surface area contributed by atoms with Crippen molar-refractivity contribution in [2.45, 2.75) is 13.3 Å². The third-order valence-corrected chi connectivity index (χ3v) is 4.33. The van der Waals surface area contributed by atoms with Gasteiger partial charge < -0.3 is 9.47 Å². The molecular weight excluding hydrogens is 476 g/mol. The van der Waals surface area contributed by atoms with E-state index in [0.29, 0.717) is 30.3 Å². The van der Waals surface area contributed by atoms with E-state index in [0.717, 1.165) is 20.9 Å². The maximum absolute atomic E-state index is 12.5. The Labute approximate surface area is 175 Å². The van der Waals surface area contributed by atoms with Crippen molar-refractivity contribution >= 4 is 44.0 Å². The molecule has 0 atom stereocenters. The minimum atomic E-state index is -0.377. The molecule has 0 aromatic heterocycles. The molecule has 7 heteroatoms. The predicted octanol–water partition coefficient (Wildman–Crippen LogP) is 5.33. The van der Waals surface area contributed by atoms with E-state index in [1.807, 2.05) is 25.1 Å². The molecule has 2 aromatic carbocycles. The Hall–Kier alpha value is -2.12. The highest BCUT2D eigenvalue weighted by Crippen LogP contribution is 2.24. The van der Waals surface area contributed by atoms with Crippen molar-refractivity contribution in [1.82, 2.24) is 5.43 Å². The van der Waals surface area contributed by atoms with E-state index >= 15 is 0 Å². The van der Waals surface area contributed by atoms with Gasteiger partial charge >= 0.3 is 0 Å². The van der Waals surface area contributed by atoms with Gasteiger partial charge in [-0.1, -0.05) is 51.4 Å². The van der Waals surface area contributed by atoms with Gasteiger partial charge in [-0.2, -0.15) is 5.10 Å². The van der Waals surface area contributed by atoms with Gasteiger partial charge in [-0.3, -0.25) is 4.79 Å². The van der Waals surface area contributed by atoms with E-state index in [1.165, 1.54) is 0 Å². The molecule has 0 heterocycles. The van der Waals surface area contributed by atoms with E-state index in [9.17, 15) is 4.79 Å². The van der Waals surface area contributed by atoms with Crippen LogP contribution in [0.2, 0.25) is 0 Å². The lowest BCUT2D eigenvalue weighted by atomic mass is 10.2. The van der Waals surface area contributed by atoms with E-state index in [-0.39, 0.29) is 5.91 Å². The Balaban J connectivity index is 2.15. The Morgan fingerprint density at radius 2 is 1.85 bits per heavy atom. The monoisotopic (exact) mass is 494 g/mol. The van der Waals surface area contributed by atoms with Crippen LogP contribution in [0.15, 0.2) is 63.1 Å². The number of amides is 1. The van der Waals surface area contributed by atoms with Crippen LogP contribution in [0.5, 0.6) is 11.5 Å². The molecule has 2 aromatic rings. The van der Waals surface area contributed by atoms with Crippen LogP contribution < -0.4 is 14.9 Å². The minimum Gasteiger partial charge on any atom is -0.493 e. The number of nitrogens with one attached hydrogen (secondary N) is 1. The molecule has 5 nitrogen and oxygen atoms in total. The minimum absolute atomic E-state index is 0.307. The third kappa shape index (κ3) is 6.52. The molecule has 2 rings (SSSR count).